The molecule has 0 fully saturated rings. The van der Waals surface area contributed by atoms with Gasteiger partial charge in [0.25, 0.3) is 10.0 Å². The molecule has 0 aromatic carbocycles. The third-order valence-electron chi connectivity index (χ3n) is 2.38. The second kappa shape index (κ2) is 5.38. The van der Waals surface area contributed by atoms with E-state index in [1.54, 1.807) is 6.92 Å². The van der Waals surface area contributed by atoms with Gasteiger partial charge in [0.05, 0.1) is 6.20 Å². The van der Waals surface area contributed by atoms with Gasteiger partial charge in [-0.05, 0) is 18.8 Å². The van der Waals surface area contributed by atoms with Crippen molar-refractivity contribution < 1.29 is 8.42 Å². The lowest BCUT2D eigenvalue weighted by molar-refractivity contribution is 0.338. The average Bonchev–Trinajstić information content (AvgIpc) is 2.60. The van der Waals surface area contributed by atoms with E-state index in [1.807, 2.05) is 0 Å². The topological polar surface area (TPSA) is 101 Å². The van der Waals surface area contributed by atoms with Crippen LogP contribution >= 0.6 is 0 Å². The van der Waals surface area contributed by atoms with Crippen LogP contribution in [0.25, 0.3) is 0 Å². The smallest absolute Gasteiger partial charge is 0.257 e. The van der Waals surface area contributed by atoms with Crippen LogP contribution in [0.15, 0.2) is 11.2 Å². The van der Waals surface area contributed by atoms with Gasteiger partial charge in [-0.2, -0.15) is 0 Å². The zero-order chi connectivity index (χ0) is 14.0. The van der Waals surface area contributed by atoms with Crippen molar-refractivity contribution in [3.63, 3.8) is 0 Å². The summed E-state index contributed by atoms with van der Waals surface area (Å²) in [6.45, 7) is 8.13. The SMILES string of the molecule is Cc1ncc(S(=O)(=O)NCC(N)CC(C)(C)C)[nH]1. The lowest BCUT2D eigenvalue weighted by atomic mass is 9.88. The normalized spacial score (nSPS) is 14.7. The fourth-order valence-corrected chi connectivity index (χ4v) is 2.75. The fourth-order valence-electron chi connectivity index (χ4n) is 1.69. The fraction of sp³-hybridized carbons (Fsp3) is 0.727. The predicted molar refractivity (Wildman–Crippen MR) is 70.6 cm³/mol. The van der Waals surface area contributed by atoms with Crippen LogP contribution in [0.5, 0.6) is 0 Å². The van der Waals surface area contributed by atoms with Crippen LogP contribution in [0.4, 0.5) is 0 Å². The summed E-state index contributed by atoms with van der Waals surface area (Å²) in [4.78, 5) is 6.55. The number of nitrogens with two attached hydrogens (primary N) is 1. The maximum Gasteiger partial charge on any atom is 0.257 e. The van der Waals surface area contributed by atoms with Crippen LogP contribution in [0, 0.1) is 12.3 Å². The Bertz CT molecular complexity index is 487. The van der Waals surface area contributed by atoms with E-state index >= 15 is 0 Å². The molecule has 104 valence electrons. The summed E-state index contributed by atoms with van der Waals surface area (Å²) < 4.78 is 26.2. The van der Waals surface area contributed by atoms with Gasteiger partial charge in [-0.1, -0.05) is 20.8 Å². The van der Waals surface area contributed by atoms with Crippen molar-refractivity contribution in [1.29, 1.82) is 0 Å². The Balaban J connectivity index is 2.58. The van der Waals surface area contributed by atoms with Gasteiger partial charge in [0.2, 0.25) is 0 Å². The Labute approximate surface area is 108 Å². The summed E-state index contributed by atoms with van der Waals surface area (Å²) in [6, 6.07) is -0.205. The highest BCUT2D eigenvalue weighted by atomic mass is 32.2. The molecule has 1 heterocycles. The molecule has 0 saturated carbocycles. The van der Waals surface area contributed by atoms with Crippen molar-refractivity contribution in [3.8, 4) is 0 Å². The molecule has 1 unspecified atom stereocenters. The molecule has 4 N–H and O–H groups in total. The Hall–Kier alpha value is -0.920. The second-order valence-corrected chi connectivity index (χ2v) is 7.44. The van der Waals surface area contributed by atoms with Crippen LogP contribution in [-0.4, -0.2) is 31.0 Å². The molecular formula is C11H22N4O2S. The molecule has 0 aliphatic rings. The third-order valence-corrected chi connectivity index (χ3v) is 3.71. The van der Waals surface area contributed by atoms with E-state index in [2.05, 4.69) is 35.5 Å². The van der Waals surface area contributed by atoms with E-state index < -0.39 is 10.0 Å². The first kappa shape index (κ1) is 15.1. The van der Waals surface area contributed by atoms with Crippen molar-refractivity contribution in [3.05, 3.63) is 12.0 Å². The quantitative estimate of drug-likeness (QED) is 0.738. The summed E-state index contributed by atoms with van der Waals surface area (Å²) in [6.07, 6.45) is 2.05. The van der Waals surface area contributed by atoms with Crippen LogP contribution < -0.4 is 10.5 Å². The largest absolute Gasteiger partial charge is 0.332 e. The van der Waals surface area contributed by atoms with Gasteiger partial charge in [0.15, 0.2) is 5.03 Å². The van der Waals surface area contributed by atoms with Gasteiger partial charge < -0.3 is 10.7 Å². The first-order valence-corrected chi connectivity index (χ1v) is 7.35. The molecule has 0 amide bonds. The monoisotopic (exact) mass is 274 g/mol. The van der Waals surface area contributed by atoms with Crippen LogP contribution in [0.3, 0.4) is 0 Å². The highest BCUT2D eigenvalue weighted by Crippen LogP contribution is 2.19. The molecule has 18 heavy (non-hydrogen) atoms. The molecule has 1 atom stereocenters. The maximum absolute atomic E-state index is 11.9. The minimum absolute atomic E-state index is 0.0722. The number of sulfonamides is 1. The van der Waals surface area contributed by atoms with Gasteiger partial charge in [0.1, 0.15) is 5.82 Å². The summed E-state index contributed by atoms with van der Waals surface area (Å²) >= 11 is 0. The molecule has 6 nitrogen and oxygen atoms in total. The van der Waals surface area contributed by atoms with Crippen molar-refractivity contribution in [2.24, 2.45) is 11.1 Å². The molecule has 1 rings (SSSR count). The first-order chi connectivity index (χ1) is 8.10. The Morgan fingerprint density at radius 1 is 1.50 bits per heavy atom. The van der Waals surface area contributed by atoms with Gasteiger partial charge in [-0.15, -0.1) is 0 Å². The number of aromatic amines is 1. The van der Waals surface area contributed by atoms with E-state index in [1.165, 1.54) is 6.20 Å². The molecule has 0 aliphatic heterocycles. The van der Waals surface area contributed by atoms with Crippen LogP contribution in [0.2, 0.25) is 0 Å². The maximum atomic E-state index is 11.9. The molecule has 0 aliphatic carbocycles. The third kappa shape index (κ3) is 4.75. The van der Waals surface area contributed by atoms with E-state index in [4.69, 9.17) is 5.73 Å². The number of H-pyrrole nitrogens is 1. The van der Waals surface area contributed by atoms with Crippen molar-refractivity contribution >= 4 is 10.0 Å². The standard InChI is InChI=1S/C11H22N4O2S/c1-8-13-7-10(15-8)18(16,17)14-6-9(12)5-11(2,3)4/h7,9,14H,5-6,12H2,1-4H3,(H,13,15). The second-order valence-electron chi connectivity index (χ2n) is 5.71. The minimum Gasteiger partial charge on any atom is -0.332 e. The van der Waals surface area contributed by atoms with Crippen molar-refractivity contribution in [1.82, 2.24) is 14.7 Å². The lowest BCUT2D eigenvalue weighted by Gasteiger charge is -2.23. The van der Waals surface area contributed by atoms with Crippen LogP contribution in [-0.2, 0) is 10.0 Å². The predicted octanol–water partition coefficient (Wildman–Crippen LogP) is 0.760. The van der Waals surface area contributed by atoms with Gasteiger partial charge in [0, 0.05) is 12.6 Å². The molecular weight excluding hydrogens is 252 g/mol. The number of imidazole rings is 1. The number of rotatable bonds is 5. The number of nitrogens with one attached hydrogen (secondary N) is 2. The number of aromatic nitrogens is 2. The van der Waals surface area contributed by atoms with E-state index in [0.717, 1.165) is 6.42 Å². The molecule has 0 bridgehead atoms. The zero-order valence-corrected chi connectivity index (χ0v) is 12.1. The van der Waals surface area contributed by atoms with Crippen molar-refractivity contribution in [2.45, 2.75) is 45.2 Å². The Morgan fingerprint density at radius 3 is 2.56 bits per heavy atom. The van der Waals surface area contributed by atoms with Crippen molar-refractivity contribution in [2.75, 3.05) is 6.54 Å². The molecule has 1 aromatic heterocycles. The van der Waals surface area contributed by atoms with E-state index in [-0.39, 0.29) is 23.0 Å². The molecule has 0 saturated heterocycles. The zero-order valence-electron chi connectivity index (χ0n) is 11.3. The molecule has 7 heteroatoms. The number of aryl methyl sites for hydroxylation is 1. The van der Waals surface area contributed by atoms with E-state index in [9.17, 15) is 8.42 Å². The Kier molecular flexibility index (Phi) is 4.52. The number of hydrogen-bond acceptors (Lipinski definition) is 4. The highest BCUT2D eigenvalue weighted by molar-refractivity contribution is 7.89. The Morgan fingerprint density at radius 2 is 2.11 bits per heavy atom. The highest BCUT2D eigenvalue weighted by Gasteiger charge is 2.20. The number of hydrogen-bond donors (Lipinski definition) is 3. The molecule has 1 aromatic rings. The number of nitrogens with zero attached hydrogens (tertiary/aromatic N) is 1. The summed E-state index contributed by atoms with van der Waals surface area (Å²) in [7, 11) is -3.54. The summed E-state index contributed by atoms with van der Waals surface area (Å²) in [5.74, 6) is 0.564. The van der Waals surface area contributed by atoms with Crippen LogP contribution in [0.1, 0.15) is 33.0 Å². The molecule has 0 spiro atoms. The summed E-state index contributed by atoms with van der Waals surface area (Å²) in [5, 5.41) is 0.0722. The summed E-state index contributed by atoms with van der Waals surface area (Å²) in [5.41, 5.74) is 5.98. The average molecular weight is 274 g/mol. The minimum atomic E-state index is -3.54. The first-order valence-electron chi connectivity index (χ1n) is 5.87. The van der Waals surface area contributed by atoms with Gasteiger partial charge in [-0.25, -0.2) is 18.1 Å². The molecule has 0 radical (unpaired) electrons. The van der Waals surface area contributed by atoms with Gasteiger partial charge in [-0.3, -0.25) is 0 Å². The lowest BCUT2D eigenvalue weighted by Crippen LogP contribution is -2.39. The van der Waals surface area contributed by atoms with Gasteiger partial charge >= 0.3 is 0 Å². The van der Waals surface area contributed by atoms with E-state index in [0.29, 0.717) is 5.82 Å².